The molecule has 24 heavy (non-hydrogen) atoms. The molecule has 0 spiro atoms. The first-order valence-electron chi connectivity index (χ1n) is 7.57. The molecule has 2 rings (SSSR count). The molecule has 0 saturated heterocycles. The van der Waals surface area contributed by atoms with E-state index < -0.39 is 12.1 Å². The monoisotopic (exact) mass is 325 g/mol. The summed E-state index contributed by atoms with van der Waals surface area (Å²) < 4.78 is 5.24. The Balaban J connectivity index is 1.88. The molecule has 124 valence electrons. The van der Waals surface area contributed by atoms with Gasteiger partial charge in [0.15, 0.2) is 0 Å². The van der Waals surface area contributed by atoms with Gasteiger partial charge in [-0.15, -0.1) is 0 Å². The molecular weight excluding hydrogens is 306 g/mol. The number of carboxylic acids is 1. The molecule has 0 fully saturated rings. The van der Waals surface area contributed by atoms with E-state index in [1.807, 2.05) is 42.5 Å². The molecule has 5 heteroatoms. The van der Waals surface area contributed by atoms with Crippen molar-refractivity contribution < 1.29 is 19.4 Å². The van der Waals surface area contributed by atoms with Crippen molar-refractivity contribution in [1.29, 1.82) is 0 Å². The summed E-state index contributed by atoms with van der Waals surface area (Å²) in [6.45, 7) is 1.82. The molecule has 0 atom stereocenters. The van der Waals surface area contributed by atoms with Gasteiger partial charge in [0.05, 0.1) is 0 Å². The third kappa shape index (κ3) is 5.28. The van der Waals surface area contributed by atoms with E-state index in [9.17, 15) is 9.59 Å². The highest BCUT2D eigenvalue weighted by atomic mass is 16.6. The van der Waals surface area contributed by atoms with Crippen LogP contribution in [0.15, 0.2) is 66.2 Å². The van der Waals surface area contributed by atoms with Crippen molar-refractivity contribution in [1.82, 2.24) is 5.32 Å². The number of amides is 1. The minimum absolute atomic E-state index is 0.251. The Bertz CT molecular complexity index is 738. The van der Waals surface area contributed by atoms with Crippen LogP contribution < -0.4 is 10.1 Å². The SMILES string of the molecule is C/C(=C\CCNC(=O)Oc1cccc(-c2ccccc2)c1)C(=O)O. The van der Waals surface area contributed by atoms with Crippen LogP contribution in [-0.4, -0.2) is 23.7 Å². The van der Waals surface area contributed by atoms with E-state index in [0.717, 1.165) is 11.1 Å². The van der Waals surface area contributed by atoms with Gasteiger partial charge < -0.3 is 15.2 Å². The summed E-state index contributed by atoms with van der Waals surface area (Å²) in [6, 6.07) is 17.1. The number of carboxylic acid groups (broad SMARTS) is 1. The zero-order valence-corrected chi connectivity index (χ0v) is 13.4. The summed E-state index contributed by atoms with van der Waals surface area (Å²) in [5.41, 5.74) is 2.25. The van der Waals surface area contributed by atoms with Crippen LogP contribution in [0.3, 0.4) is 0 Å². The summed E-state index contributed by atoms with van der Waals surface area (Å²) >= 11 is 0. The van der Waals surface area contributed by atoms with Gasteiger partial charge in [0.2, 0.25) is 0 Å². The Labute approximate surface area is 140 Å². The third-order valence-electron chi connectivity index (χ3n) is 3.35. The number of rotatable bonds is 6. The molecule has 0 aliphatic carbocycles. The van der Waals surface area contributed by atoms with Crippen LogP contribution in [-0.2, 0) is 4.79 Å². The van der Waals surface area contributed by atoms with Crippen molar-refractivity contribution in [3.8, 4) is 16.9 Å². The molecule has 0 aliphatic rings. The van der Waals surface area contributed by atoms with Gasteiger partial charge in [-0.25, -0.2) is 9.59 Å². The van der Waals surface area contributed by atoms with Gasteiger partial charge in [0, 0.05) is 12.1 Å². The minimum atomic E-state index is -0.963. The zero-order valence-electron chi connectivity index (χ0n) is 13.4. The molecule has 0 unspecified atom stereocenters. The predicted molar refractivity (Wildman–Crippen MR) is 91.9 cm³/mol. The summed E-state index contributed by atoms with van der Waals surface area (Å²) in [5, 5.41) is 11.3. The Kier molecular flexibility index (Phi) is 6.14. The van der Waals surface area contributed by atoms with Gasteiger partial charge >= 0.3 is 12.1 Å². The summed E-state index contributed by atoms with van der Waals surface area (Å²) in [4.78, 5) is 22.4. The second-order valence-electron chi connectivity index (χ2n) is 5.19. The normalized spacial score (nSPS) is 11.0. The van der Waals surface area contributed by atoms with E-state index in [4.69, 9.17) is 9.84 Å². The first-order valence-corrected chi connectivity index (χ1v) is 7.57. The Morgan fingerprint density at radius 1 is 1.08 bits per heavy atom. The molecule has 2 aromatic rings. The number of ether oxygens (including phenoxy) is 1. The van der Waals surface area contributed by atoms with Crippen LogP contribution in [0.1, 0.15) is 13.3 Å². The molecule has 2 aromatic carbocycles. The number of carbonyl (C=O) groups excluding carboxylic acids is 1. The van der Waals surface area contributed by atoms with Crippen LogP contribution in [0, 0.1) is 0 Å². The molecule has 2 N–H and O–H groups in total. The molecule has 1 amide bonds. The molecule has 0 aromatic heterocycles. The van der Waals surface area contributed by atoms with Crippen LogP contribution >= 0.6 is 0 Å². The Morgan fingerprint density at radius 2 is 1.79 bits per heavy atom. The standard InChI is InChI=1S/C19H19NO4/c1-14(18(21)22)7-6-12-20-19(23)24-17-11-5-10-16(13-17)15-8-3-2-4-9-15/h2-5,7-11,13H,6,12H2,1H3,(H,20,23)(H,21,22)/b14-7+. The van der Waals surface area contributed by atoms with Crippen LogP contribution in [0.5, 0.6) is 5.75 Å². The minimum Gasteiger partial charge on any atom is -0.478 e. The Hall–Kier alpha value is -3.08. The van der Waals surface area contributed by atoms with Crippen molar-refractivity contribution in [2.45, 2.75) is 13.3 Å². The lowest BCUT2D eigenvalue weighted by Crippen LogP contribution is -2.27. The highest BCUT2D eigenvalue weighted by Crippen LogP contribution is 2.23. The van der Waals surface area contributed by atoms with E-state index in [1.54, 1.807) is 18.2 Å². The third-order valence-corrected chi connectivity index (χ3v) is 3.35. The number of hydrogen-bond donors (Lipinski definition) is 2. The molecule has 0 radical (unpaired) electrons. The lowest BCUT2D eigenvalue weighted by molar-refractivity contribution is -0.132. The predicted octanol–water partition coefficient (Wildman–Crippen LogP) is 3.86. The average molecular weight is 325 g/mol. The van der Waals surface area contributed by atoms with E-state index in [1.165, 1.54) is 6.92 Å². The number of carbonyl (C=O) groups is 2. The highest BCUT2D eigenvalue weighted by molar-refractivity contribution is 5.85. The molecule has 5 nitrogen and oxygen atoms in total. The molecule has 0 bridgehead atoms. The second kappa shape index (κ2) is 8.53. The van der Waals surface area contributed by atoms with Crippen LogP contribution in [0.25, 0.3) is 11.1 Å². The van der Waals surface area contributed by atoms with E-state index in [-0.39, 0.29) is 5.57 Å². The van der Waals surface area contributed by atoms with Gasteiger partial charge in [-0.3, -0.25) is 0 Å². The summed E-state index contributed by atoms with van der Waals surface area (Å²) in [5.74, 6) is -0.513. The molecular formula is C19H19NO4. The van der Waals surface area contributed by atoms with E-state index >= 15 is 0 Å². The van der Waals surface area contributed by atoms with E-state index in [2.05, 4.69) is 5.32 Å². The van der Waals surface area contributed by atoms with Crippen molar-refractivity contribution in [3.05, 3.63) is 66.2 Å². The highest BCUT2D eigenvalue weighted by Gasteiger charge is 2.05. The smallest absolute Gasteiger partial charge is 0.412 e. The van der Waals surface area contributed by atoms with Gasteiger partial charge in [-0.1, -0.05) is 48.5 Å². The maximum atomic E-state index is 11.8. The largest absolute Gasteiger partial charge is 0.478 e. The maximum absolute atomic E-state index is 11.8. The van der Waals surface area contributed by atoms with Gasteiger partial charge in [-0.05, 0) is 36.6 Å². The average Bonchev–Trinajstić information content (AvgIpc) is 2.59. The van der Waals surface area contributed by atoms with Crippen molar-refractivity contribution in [2.75, 3.05) is 6.54 Å². The number of benzene rings is 2. The van der Waals surface area contributed by atoms with Crippen molar-refractivity contribution in [3.63, 3.8) is 0 Å². The van der Waals surface area contributed by atoms with Crippen LogP contribution in [0.4, 0.5) is 4.79 Å². The topological polar surface area (TPSA) is 75.6 Å². The Morgan fingerprint density at radius 3 is 2.50 bits per heavy atom. The number of aliphatic carboxylic acids is 1. The fourth-order valence-electron chi connectivity index (χ4n) is 2.06. The number of hydrogen-bond acceptors (Lipinski definition) is 3. The van der Waals surface area contributed by atoms with Crippen LogP contribution in [0.2, 0.25) is 0 Å². The van der Waals surface area contributed by atoms with Crippen molar-refractivity contribution in [2.24, 2.45) is 0 Å². The molecule has 0 saturated carbocycles. The van der Waals surface area contributed by atoms with Crippen molar-refractivity contribution >= 4 is 12.1 Å². The lowest BCUT2D eigenvalue weighted by Gasteiger charge is -2.08. The quantitative estimate of drug-likeness (QED) is 0.624. The molecule has 0 heterocycles. The first-order chi connectivity index (χ1) is 11.6. The van der Waals surface area contributed by atoms with Gasteiger partial charge in [0.25, 0.3) is 0 Å². The van der Waals surface area contributed by atoms with Gasteiger partial charge in [-0.2, -0.15) is 0 Å². The fourth-order valence-corrected chi connectivity index (χ4v) is 2.06. The van der Waals surface area contributed by atoms with Gasteiger partial charge in [0.1, 0.15) is 5.75 Å². The second-order valence-corrected chi connectivity index (χ2v) is 5.19. The maximum Gasteiger partial charge on any atom is 0.412 e. The summed E-state index contributed by atoms with van der Waals surface area (Å²) in [6.07, 6.45) is 1.41. The number of nitrogens with one attached hydrogen (secondary N) is 1. The van der Waals surface area contributed by atoms with E-state index in [0.29, 0.717) is 18.7 Å². The fraction of sp³-hybridized carbons (Fsp3) is 0.158. The zero-order chi connectivity index (χ0) is 17.4. The molecule has 0 aliphatic heterocycles. The first kappa shape index (κ1) is 17.3. The lowest BCUT2D eigenvalue weighted by atomic mass is 10.1. The summed E-state index contributed by atoms with van der Waals surface area (Å²) in [7, 11) is 0.